The summed E-state index contributed by atoms with van der Waals surface area (Å²) in [6.07, 6.45) is 4.31. The van der Waals surface area contributed by atoms with Crippen LogP contribution in [0, 0.1) is 5.82 Å². The third-order valence-electron chi connectivity index (χ3n) is 4.32. The number of aromatic nitrogens is 3. The molecule has 0 spiro atoms. The Morgan fingerprint density at radius 3 is 2.70 bits per heavy atom. The summed E-state index contributed by atoms with van der Waals surface area (Å²) in [6, 6.07) is 14.6. The normalized spacial score (nSPS) is 12.2. The van der Waals surface area contributed by atoms with Gasteiger partial charge in [0.15, 0.2) is 0 Å². The minimum absolute atomic E-state index is 0.000982. The maximum Gasteiger partial charge on any atom is 0.206 e. The molecule has 0 saturated carbocycles. The van der Waals surface area contributed by atoms with Crippen molar-refractivity contribution in [2.75, 3.05) is 11.9 Å². The number of nitrogens with zero attached hydrogens (tertiary/aromatic N) is 3. The number of anilines is 1. The van der Waals surface area contributed by atoms with E-state index in [4.69, 9.17) is 5.73 Å². The van der Waals surface area contributed by atoms with Crippen LogP contribution in [-0.4, -0.2) is 27.8 Å². The first-order valence-corrected chi connectivity index (χ1v) is 9.41. The zero-order chi connectivity index (χ0) is 18.6. The molecule has 0 bridgehead atoms. The predicted octanol–water partition coefficient (Wildman–Crippen LogP) is 3.87. The molecule has 0 amide bonds. The van der Waals surface area contributed by atoms with Gasteiger partial charge in [-0.25, -0.2) is 4.39 Å². The van der Waals surface area contributed by atoms with E-state index in [0.717, 1.165) is 32.0 Å². The van der Waals surface area contributed by atoms with Gasteiger partial charge >= 0.3 is 0 Å². The molecule has 3 N–H and O–H groups in total. The Hall–Kier alpha value is -2.90. The molecule has 0 fully saturated rings. The van der Waals surface area contributed by atoms with Crippen molar-refractivity contribution in [3.05, 3.63) is 72.3 Å². The van der Waals surface area contributed by atoms with Gasteiger partial charge in [-0.05, 0) is 41.6 Å². The van der Waals surface area contributed by atoms with Crippen molar-refractivity contribution in [1.82, 2.24) is 15.2 Å². The molecule has 2 heterocycles. The molecule has 1 atom stereocenters. The monoisotopic (exact) mass is 379 g/mol. The number of hydrogen-bond acceptors (Lipinski definition) is 6. The van der Waals surface area contributed by atoms with E-state index in [9.17, 15) is 4.39 Å². The van der Waals surface area contributed by atoms with E-state index >= 15 is 0 Å². The number of nitrogens with two attached hydrogens (primary N) is 1. The Morgan fingerprint density at radius 2 is 1.89 bits per heavy atom. The highest BCUT2D eigenvalue weighted by molar-refractivity contribution is 7.18. The molecule has 27 heavy (non-hydrogen) atoms. The van der Waals surface area contributed by atoms with Gasteiger partial charge in [0.25, 0.3) is 0 Å². The number of benzene rings is 2. The summed E-state index contributed by atoms with van der Waals surface area (Å²) in [5.41, 5.74) is 7.93. The second-order valence-corrected chi connectivity index (χ2v) is 7.24. The Labute approximate surface area is 160 Å². The van der Waals surface area contributed by atoms with Gasteiger partial charge in [-0.3, -0.25) is 4.98 Å². The average Bonchev–Trinajstić information content (AvgIpc) is 3.17. The van der Waals surface area contributed by atoms with Crippen LogP contribution in [0.1, 0.15) is 5.56 Å². The lowest BCUT2D eigenvalue weighted by Gasteiger charge is -2.15. The maximum atomic E-state index is 13.1. The van der Waals surface area contributed by atoms with Crippen molar-refractivity contribution in [2.45, 2.75) is 12.5 Å². The van der Waals surface area contributed by atoms with E-state index in [1.54, 1.807) is 18.3 Å². The molecule has 0 unspecified atom stereocenters. The summed E-state index contributed by atoms with van der Waals surface area (Å²) in [6.45, 7) is 0.440. The molecule has 0 aliphatic rings. The lowest BCUT2D eigenvalue weighted by atomic mass is 10.1. The molecule has 0 saturated heterocycles. The van der Waals surface area contributed by atoms with Crippen molar-refractivity contribution >= 4 is 27.2 Å². The quantitative estimate of drug-likeness (QED) is 0.532. The van der Waals surface area contributed by atoms with Gasteiger partial charge in [0, 0.05) is 35.9 Å². The van der Waals surface area contributed by atoms with Gasteiger partial charge in [-0.2, -0.15) is 0 Å². The highest BCUT2D eigenvalue weighted by atomic mass is 32.1. The molecule has 4 rings (SSSR count). The third kappa shape index (κ3) is 4.10. The van der Waals surface area contributed by atoms with Crippen LogP contribution in [0.3, 0.4) is 0 Å². The van der Waals surface area contributed by atoms with E-state index in [0.29, 0.717) is 13.0 Å². The van der Waals surface area contributed by atoms with Crippen molar-refractivity contribution in [1.29, 1.82) is 0 Å². The summed E-state index contributed by atoms with van der Waals surface area (Å²) >= 11 is 1.49. The largest absolute Gasteiger partial charge is 0.356 e. The Kier molecular flexibility index (Phi) is 5.04. The smallest absolute Gasteiger partial charge is 0.206 e. The number of hydrogen-bond donors (Lipinski definition) is 2. The van der Waals surface area contributed by atoms with Gasteiger partial charge in [0.05, 0.1) is 0 Å². The second-order valence-electron chi connectivity index (χ2n) is 6.26. The van der Waals surface area contributed by atoms with Crippen molar-refractivity contribution in [3.8, 4) is 10.6 Å². The molecule has 136 valence electrons. The van der Waals surface area contributed by atoms with Crippen molar-refractivity contribution in [2.24, 2.45) is 5.73 Å². The lowest BCUT2D eigenvalue weighted by molar-refractivity contribution is 0.626. The fourth-order valence-corrected chi connectivity index (χ4v) is 3.70. The van der Waals surface area contributed by atoms with Crippen LogP contribution in [0.5, 0.6) is 0 Å². The van der Waals surface area contributed by atoms with Crippen LogP contribution in [-0.2, 0) is 6.42 Å². The average molecular weight is 379 g/mol. The molecule has 5 nitrogen and oxygen atoms in total. The first kappa shape index (κ1) is 17.5. The minimum Gasteiger partial charge on any atom is -0.356 e. The van der Waals surface area contributed by atoms with Gasteiger partial charge in [-0.1, -0.05) is 35.6 Å². The maximum absolute atomic E-state index is 13.1. The van der Waals surface area contributed by atoms with Crippen LogP contribution in [0.15, 0.2) is 60.9 Å². The standard InChI is InChI=1S/C20H18FN5S/c21-17-5-1-13(2-6-17)9-18(11-22)24-20-26-25-19(27-20)15-3-4-16-12-23-8-7-14(16)10-15/h1-8,10,12,18H,9,11,22H2,(H,24,26)/t18-/m1/s1. The number of fused-ring (bicyclic) bond motifs is 1. The van der Waals surface area contributed by atoms with Crippen LogP contribution in [0.2, 0.25) is 0 Å². The van der Waals surface area contributed by atoms with Gasteiger partial charge < -0.3 is 11.1 Å². The van der Waals surface area contributed by atoms with Crippen LogP contribution >= 0.6 is 11.3 Å². The molecular weight excluding hydrogens is 361 g/mol. The molecule has 0 aliphatic heterocycles. The Bertz CT molecular complexity index is 1050. The van der Waals surface area contributed by atoms with E-state index in [2.05, 4.69) is 26.6 Å². The van der Waals surface area contributed by atoms with Crippen molar-refractivity contribution in [3.63, 3.8) is 0 Å². The predicted molar refractivity (Wildman–Crippen MR) is 107 cm³/mol. The molecule has 0 aliphatic carbocycles. The summed E-state index contributed by atoms with van der Waals surface area (Å²) in [4.78, 5) is 4.13. The zero-order valence-corrected chi connectivity index (χ0v) is 15.3. The van der Waals surface area contributed by atoms with Gasteiger partial charge in [0.2, 0.25) is 5.13 Å². The van der Waals surface area contributed by atoms with E-state index in [1.807, 2.05) is 24.4 Å². The number of halogens is 1. The number of nitrogens with one attached hydrogen (secondary N) is 1. The molecule has 2 aromatic carbocycles. The number of pyridine rings is 1. The molecular formula is C20H18FN5S. The summed E-state index contributed by atoms with van der Waals surface area (Å²) < 4.78 is 13.1. The fourth-order valence-electron chi connectivity index (χ4n) is 2.89. The second kappa shape index (κ2) is 7.77. The Morgan fingerprint density at radius 1 is 1.04 bits per heavy atom. The molecule has 0 radical (unpaired) electrons. The summed E-state index contributed by atoms with van der Waals surface area (Å²) in [5, 5.41) is 15.6. The molecule has 2 aromatic heterocycles. The summed E-state index contributed by atoms with van der Waals surface area (Å²) in [7, 11) is 0. The molecule has 4 aromatic rings. The third-order valence-corrected chi connectivity index (χ3v) is 5.22. The van der Waals surface area contributed by atoms with Gasteiger partial charge in [0.1, 0.15) is 10.8 Å². The van der Waals surface area contributed by atoms with Crippen LogP contribution in [0.25, 0.3) is 21.3 Å². The van der Waals surface area contributed by atoms with Crippen LogP contribution < -0.4 is 11.1 Å². The zero-order valence-electron chi connectivity index (χ0n) is 14.5. The highest BCUT2D eigenvalue weighted by Gasteiger charge is 2.13. The van der Waals surface area contributed by atoms with E-state index in [-0.39, 0.29) is 11.9 Å². The Balaban J connectivity index is 1.49. The SMILES string of the molecule is NC[C@@H](Cc1ccc(F)cc1)Nc1nnc(-c2ccc3cnccc3c2)s1. The first-order chi connectivity index (χ1) is 13.2. The lowest BCUT2D eigenvalue weighted by Crippen LogP contribution is -2.31. The molecule has 7 heteroatoms. The topological polar surface area (TPSA) is 76.7 Å². The number of rotatable bonds is 6. The van der Waals surface area contributed by atoms with E-state index in [1.165, 1.54) is 23.5 Å². The fraction of sp³-hybridized carbons (Fsp3) is 0.150. The van der Waals surface area contributed by atoms with Crippen LogP contribution in [0.4, 0.5) is 9.52 Å². The van der Waals surface area contributed by atoms with E-state index < -0.39 is 0 Å². The summed E-state index contributed by atoms with van der Waals surface area (Å²) in [5.74, 6) is -0.240. The highest BCUT2D eigenvalue weighted by Crippen LogP contribution is 2.29. The van der Waals surface area contributed by atoms with Gasteiger partial charge in [-0.15, -0.1) is 10.2 Å². The first-order valence-electron chi connectivity index (χ1n) is 8.60. The van der Waals surface area contributed by atoms with Crippen molar-refractivity contribution < 1.29 is 4.39 Å². The minimum atomic E-state index is -0.240.